The first-order valence-corrected chi connectivity index (χ1v) is 9.51. The zero-order valence-corrected chi connectivity index (χ0v) is 16.0. The molecule has 0 aliphatic rings. The van der Waals surface area contributed by atoms with E-state index in [4.69, 9.17) is 9.68 Å². The van der Waals surface area contributed by atoms with Crippen LogP contribution in [0, 0.1) is 0 Å². The molecule has 0 aliphatic carbocycles. The van der Waals surface area contributed by atoms with Gasteiger partial charge in [0, 0.05) is 16.5 Å². The lowest BCUT2D eigenvalue weighted by Gasteiger charge is -2.11. The molecule has 130 valence electrons. The lowest BCUT2D eigenvalue weighted by molar-refractivity contribution is 0.452. The van der Waals surface area contributed by atoms with E-state index in [9.17, 15) is 0 Å². The molecule has 0 radical (unpaired) electrons. The molecule has 0 bridgehead atoms. The summed E-state index contributed by atoms with van der Waals surface area (Å²) in [6, 6.07) is 27.3. The minimum atomic E-state index is -0.344. The molecule has 0 atom stereocenters. The second-order valence-electron chi connectivity index (χ2n) is 6.46. The predicted molar refractivity (Wildman–Crippen MR) is 116 cm³/mol. The number of aromatic nitrogens is 1. The van der Waals surface area contributed by atoms with Crippen molar-refractivity contribution >= 4 is 56.2 Å². The van der Waals surface area contributed by atoms with Gasteiger partial charge in [0.1, 0.15) is 5.75 Å². The molecule has 1 N–H and O–H groups in total. The Morgan fingerprint density at radius 1 is 0.778 bits per heavy atom. The summed E-state index contributed by atoms with van der Waals surface area (Å²) in [6.07, 6.45) is 0. The van der Waals surface area contributed by atoms with Gasteiger partial charge in [-0.1, -0.05) is 42.5 Å². The van der Waals surface area contributed by atoms with E-state index >= 15 is 0 Å². The summed E-state index contributed by atoms with van der Waals surface area (Å²) in [5.41, 5.74) is 3.50. The van der Waals surface area contributed by atoms with Crippen molar-refractivity contribution in [2.24, 2.45) is 0 Å². The van der Waals surface area contributed by atoms with Crippen molar-refractivity contribution in [2.75, 3.05) is 0 Å². The summed E-state index contributed by atoms with van der Waals surface area (Å²) in [4.78, 5) is 0. The number of rotatable bonds is 3. The Hall–Kier alpha value is -2.76. The number of para-hydroxylation sites is 2. The number of fused-ring (bicyclic) bond motifs is 4. The third kappa shape index (κ3) is 2.62. The molecule has 1 aromatic heterocycles. The second kappa shape index (κ2) is 6.45. The van der Waals surface area contributed by atoms with Gasteiger partial charge in [-0.3, -0.25) is 0 Å². The predicted octanol–water partition coefficient (Wildman–Crippen LogP) is 5.34. The molecule has 1 heterocycles. The topological polar surface area (TPSA) is 34.4 Å². The number of halogens is 1. The molecule has 4 aromatic carbocycles. The molecule has 27 heavy (non-hydrogen) atoms. The van der Waals surface area contributed by atoms with Gasteiger partial charge in [0.05, 0.1) is 15.5 Å². The Bertz CT molecular complexity index is 1260. The fourth-order valence-electron chi connectivity index (χ4n) is 3.76. The fraction of sp³-hybridized carbons (Fsp3) is 0. The average molecular weight is 416 g/mol. The number of hydrogen-bond acceptors (Lipinski definition) is 2. The first kappa shape index (κ1) is 16.4. The molecule has 0 fully saturated rings. The van der Waals surface area contributed by atoms with Crippen molar-refractivity contribution in [1.29, 1.82) is 0 Å². The largest absolute Gasteiger partial charge is 0.538 e. The van der Waals surface area contributed by atoms with Crippen molar-refractivity contribution in [2.45, 2.75) is 0 Å². The van der Waals surface area contributed by atoms with E-state index < -0.39 is 0 Å². The highest BCUT2D eigenvalue weighted by Crippen LogP contribution is 2.35. The molecule has 0 saturated carbocycles. The smallest absolute Gasteiger partial charge is 0.504 e. The Kier molecular flexibility index (Phi) is 3.92. The van der Waals surface area contributed by atoms with Crippen molar-refractivity contribution in [1.82, 2.24) is 4.57 Å². The zero-order chi connectivity index (χ0) is 18.4. The summed E-state index contributed by atoms with van der Waals surface area (Å²) < 4.78 is 8.39. The van der Waals surface area contributed by atoms with E-state index in [0.29, 0.717) is 5.75 Å². The Labute approximate surface area is 165 Å². The molecule has 5 rings (SSSR count). The van der Waals surface area contributed by atoms with Gasteiger partial charge in [0.25, 0.3) is 0 Å². The maximum absolute atomic E-state index is 9.04. The van der Waals surface area contributed by atoms with Gasteiger partial charge in [-0.15, -0.1) is 0 Å². The van der Waals surface area contributed by atoms with Gasteiger partial charge in [-0.2, -0.15) is 0 Å². The number of benzene rings is 4. The minimum Gasteiger partial charge on any atom is -0.538 e. The van der Waals surface area contributed by atoms with Gasteiger partial charge in [0.15, 0.2) is 0 Å². The third-order valence-corrected chi connectivity index (χ3v) is 5.55. The van der Waals surface area contributed by atoms with Crippen LogP contribution in [0.25, 0.3) is 38.3 Å². The Balaban J connectivity index is 1.79. The highest BCUT2D eigenvalue weighted by atomic mass is 79.9. The molecular weight excluding hydrogens is 401 g/mol. The van der Waals surface area contributed by atoms with Crippen molar-refractivity contribution in [3.05, 3.63) is 83.3 Å². The van der Waals surface area contributed by atoms with Crippen LogP contribution in [-0.2, 0) is 0 Å². The Morgan fingerprint density at radius 3 is 2.11 bits per heavy atom. The molecule has 0 unspecified atom stereocenters. The normalized spacial score (nSPS) is 11.3. The first-order chi connectivity index (χ1) is 13.3. The maximum Gasteiger partial charge on any atom is 0.504 e. The van der Waals surface area contributed by atoms with Crippen LogP contribution in [-0.4, -0.2) is 17.3 Å². The number of nitrogens with zero attached hydrogens (tertiary/aromatic N) is 1. The van der Waals surface area contributed by atoms with Crippen LogP contribution < -0.4 is 4.65 Å². The summed E-state index contributed by atoms with van der Waals surface area (Å²) in [7, 11) is -0.344. The van der Waals surface area contributed by atoms with Crippen molar-refractivity contribution in [3.8, 4) is 11.4 Å². The van der Waals surface area contributed by atoms with Crippen LogP contribution in [0.1, 0.15) is 0 Å². The van der Waals surface area contributed by atoms with Gasteiger partial charge in [-0.25, -0.2) is 0 Å². The van der Waals surface area contributed by atoms with Gasteiger partial charge in [-0.05, 0) is 63.1 Å². The highest BCUT2D eigenvalue weighted by Gasteiger charge is 2.12. The lowest BCUT2D eigenvalue weighted by Crippen LogP contribution is -2.00. The molecule has 0 aliphatic heterocycles. The Morgan fingerprint density at radius 2 is 1.44 bits per heavy atom. The standard InChI is InChI=1S/C22H15BBrNO2/c24-19-12-15-11-16(10-9-14(15)13-22(19)27-23-26)25-20-7-3-1-5-17(20)18-6-2-4-8-21(18)25/h1-13,23,26H. The first-order valence-electron chi connectivity index (χ1n) is 8.72. The van der Waals surface area contributed by atoms with Gasteiger partial charge >= 0.3 is 7.69 Å². The molecule has 0 amide bonds. The quantitative estimate of drug-likeness (QED) is 0.403. The second-order valence-corrected chi connectivity index (χ2v) is 7.31. The highest BCUT2D eigenvalue weighted by molar-refractivity contribution is 9.10. The van der Waals surface area contributed by atoms with Crippen molar-refractivity contribution < 1.29 is 9.68 Å². The minimum absolute atomic E-state index is 0.344. The van der Waals surface area contributed by atoms with E-state index in [0.717, 1.165) is 20.9 Å². The van der Waals surface area contributed by atoms with Gasteiger partial charge in [0.2, 0.25) is 0 Å². The van der Waals surface area contributed by atoms with Crippen LogP contribution in [0.15, 0.2) is 83.3 Å². The average Bonchev–Trinajstić information content (AvgIpc) is 3.03. The molecular formula is C22H15BBrNO2. The van der Waals surface area contributed by atoms with E-state index in [2.05, 4.69) is 87.2 Å². The van der Waals surface area contributed by atoms with E-state index in [-0.39, 0.29) is 7.69 Å². The summed E-state index contributed by atoms with van der Waals surface area (Å²) in [6.45, 7) is 0. The lowest BCUT2D eigenvalue weighted by atomic mass is 10.1. The molecule has 0 saturated heterocycles. The van der Waals surface area contributed by atoms with E-state index in [1.165, 1.54) is 21.8 Å². The summed E-state index contributed by atoms with van der Waals surface area (Å²) in [5.74, 6) is 0.634. The van der Waals surface area contributed by atoms with Crippen molar-refractivity contribution in [3.63, 3.8) is 0 Å². The number of hydrogen-bond donors (Lipinski definition) is 1. The fourth-order valence-corrected chi connectivity index (χ4v) is 4.23. The molecule has 5 aromatic rings. The monoisotopic (exact) mass is 415 g/mol. The third-order valence-electron chi connectivity index (χ3n) is 4.93. The molecule has 0 spiro atoms. The van der Waals surface area contributed by atoms with Crippen LogP contribution in [0.4, 0.5) is 0 Å². The molecule has 3 nitrogen and oxygen atoms in total. The summed E-state index contributed by atoms with van der Waals surface area (Å²) >= 11 is 3.53. The van der Waals surface area contributed by atoms with E-state index in [1.807, 2.05) is 12.1 Å². The van der Waals surface area contributed by atoms with Crippen LogP contribution in [0.5, 0.6) is 5.75 Å². The van der Waals surface area contributed by atoms with E-state index in [1.54, 1.807) is 0 Å². The maximum atomic E-state index is 9.04. The molecule has 5 heteroatoms. The van der Waals surface area contributed by atoms with Crippen LogP contribution >= 0.6 is 15.9 Å². The van der Waals surface area contributed by atoms with Crippen LogP contribution in [0.3, 0.4) is 0 Å². The summed E-state index contributed by atoms with van der Waals surface area (Å²) in [5, 5.41) is 13.7. The zero-order valence-electron chi connectivity index (χ0n) is 14.4. The van der Waals surface area contributed by atoms with Crippen LogP contribution in [0.2, 0.25) is 0 Å². The van der Waals surface area contributed by atoms with Gasteiger partial charge < -0.3 is 14.2 Å². The SMILES string of the molecule is OBOc1cc2ccc(-n3c4ccccc4c4ccccc43)cc2cc1Br.